The standard InChI is InChI=1S/C15H24N2O/c1-12-6-5-7-13(10-12)11-17(4)14(18)8-9-15(2,3)16/h5-7,10H,8-9,11,16H2,1-4H3. The molecule has 0 spiro atoms. The number of benzene rings is 1. The Morgan fingerprint density at radius 2 is 2.06 bits per heavy atom. The van der Waals surface area contributed by atoms with Crippen LogP contribution in [0.5, 0.6) is 0 Å². The minimum absolute atomic E-state index is 0.148. The van der Waals surface area contributed by atoms with Crippen molar-refractivity contribution >= 4 is 5.91 Å². The third-order valence-electron chi connectivity index (χ3n) is 2.91. The molecule has 0 unspecified atom stereocenters. The van der Waals surface area contributed by atoms with Crippen LogP contribution >= 0.6 is 0 Å². The van der Waals surface area contributed by atoms with E-state index in [9.17, 15) is 4.79 Å². The van der Waals surface area contributed by atoms with Gasteiger partial charge >= 0.3 is 0 Å². The maximum atomic E-state index is 11.9. The Morgan fingerprint density at radius 1 is 1.39 bits per heavy atom. The molecule has 3 nitrogen and oxygen atoms in total. The molecule has 1 rings (SSSR count). The van der Waals surface area contributed by atoms with Crippen molar-refractivity contribution in [2.75, 3.05) is 7.05 Å². The minimum atomic E-state index is -0.278. The van der Waals surface area contributed by atoms with E-state index in [1.807, 2.05) is 33.0 Å². The Bertz CT molecular complexity index is 407. The smallest absolute Gasteiger partial charge is 0.222 e. The van der Waals surface area contributed by atoms with Crippen LogP contribution in [0.2, 0.25) is 0 Å². The molecular weight excluding hydrogens is 224 g/mol. The fourth-order valence-electron chi connectivity index (χ4n) is 1.79. The molecule has 0 radical (unpaired) electrons. The largest absolute Gasteiger partial charge is 0.341 e. The zero-order valence-electron chi connectivity index (χ0n) is 11.9. The summed E-state index contributed by atoms with van der Waals surface area (Å²) in [5.74, 6) is 0.148. The van der Waals surface area contributed by atoms with Gasteiger partial charge in [0.1, 0.15) is 0 Å². The lowest BCUT2D eigenvalue weighted by Crippen LogP contribution is -2.34. The number of nitrogens with zero attached hydrogens (tertiary/aromatic N) is 1. The molecule has 3 heteroatoms. The maximum absolute atomic E-state index is 11.9. The zero-order valence-corrected chi connectivity index (χ0v) is 11.9. The van der Waals surface area contributed by atoms with Gasteiger partial charge < -0.3 is 10.6 Å². The number of hydrogen-bond acceptors (Lipinski definition) is 2. The van der Waals surface area contributed by atoms with Crippen LogP contribution in [-0.2, 0) is 11.3 Å². The Hall–Kier alpha value is -1.35. The molecule has 0 aliphatic heterocycles. The van der Waals surface area contributed by atoms with E-state index in [0.717, 1.165) is 5.56 Å². The van der Waals surface area contributed by atoms with Gasteiger partial charge in [-0.2, -0.15) is 0 Å². The van der Waals surface area contributed by atoms with Crippen molar-refractivity contribution < 1.29 is 4.79 Å². The van der Waals surface area contributed by atoms with E-state index in [2.05, 4.69) is 19.1 Å². The zero-order chi connectivity index (χ0) is 13.8. The molecule has 100 valence electrons. The van der Waals surface area contributed by atoms with Crippen molar-refractivity contribution in [3.63, 3.8) is 0 Å². The normalized spacial score (nSPS) is 11.4. The summed E-state index contributed by atoms with van der Waals surface area (Å²) in [5, 5.41) is 0. The maximum Gasteiger partial charge on any atom is 0.222 e. The van der Waals surface area contributed by atoms with Crippen LogP contribution in [-0.4, -0.2) is 23.4 Å². The van der Waals surface area contributed by atoms with Crippen molar-refractivity contribution in [2.24, 2.45) is 5.73 Å². The Balaban J connectivity index is 2.50. The quantitative estimate of drug-likeness (QED) is 0.870. The molecule has 0 saturated carbocycles. The molecular formula is C15H24N2O. The van der Waals surface area contributed by atoms with Gasteiger partial charge in [-0.25, -0.2) is 0 Å². The summed E-state index contributed by atoms with van der Waals surface area (Å²) in [5.41, 5.74) is 7.99. The van der Waals surface area contributed by atoms with Gasteiger partial charge in [0, 0.05) is 25.6 Å². The number of rotatable bonds is 5. The van der Waals surface area contributed by atoms with Crippen molar-refractivity contribution in [3.05, 3.63) is 35.4 Å². The highest BCUT2D eigenvalue weighted by Gasteiger charge is 2.15. The van der Waals surface area contributed by atoms with Crippen molar-refractivity contribution in [1.82, 2.24) is 4.90 Å². The van der Waals surface area contributed by atoms with Crippen LogP contribution in [0.4, 0.5) is 0 Å². The van der Waals surface area contributed by atoms with E-state index in [1.165, 1.54) is 5.56 Å². The summed E-state index contributed by atoms with van der Waals surface area (Å²) < 4.78 is 0. The van der Waals surface area contributed by atoms with Crippen LogP contribution in [0.1, 0.15) is 37.8 Å². The van der Waals surface area contributed by atoms with Crippen LogP contribution in [0.3, 0.4) is 0 Å². The predicted octanol–water partition coefficient (Wildman–Crippen LogP) is 2.47. The second kappa shape index (κ2) is 6.01. The van der Waals surface area contributed by atoms with E-state index in [0.29, 0.717) is 19.4 Å². The van der Waals surface area contributed by atoms with E-state index in [1.54, 1.807) is 4.90 Å². The molecule has 0 heterocycles. The first-order valence-corrected chi connectivity index (χ1v) is 6.36. The van der Waals surface area contributed by atoms with Gasteiger partial charge in [0.15, 0.2) is 0 Å². The van der Waals surface area contributed by atoms with E-state index < -0.39 is 0 Å². The van der Waals surface area contributed by atoms with E-state index in [4.69, 9.17) is 5.73 Å². The lowest BCUT2D eigenvalue weighted by Gasteiger charge is -2.21. The summed E-state index contributed by atoms with van der Waals surface area (Å²) in [7, 11) is 1.84. The highest BCUT2D eigenvalue weighted by atomic mass is 16.2. The highest BCUT2D eigenvalue weighted by molar-refractivity contribution is 5.75. The van der Waals surface area contributed by atoms with E-state index >= 15 is 0 Å². The lowest BCUT2D eigenvalue weighted by molar-refractivity contribution is -0.130. The van der Waals surface area contributed by atoms with Gasteiger partial charge in [-0.05, 0) is 32.8 Å². The first-order valence-electron chi connectivity index (χ1n) is 6.36. The number of amides is 1. The van der Waals surface area contributed by atoms with Crippen LogP contribution < -0.4 is 5.73 Å². The van der Waals surface area contributed by atoms with Gasteiger partial charge in [0.25, 0.3) is 0 Å². The Morgan fingerprint density at radius 3 is 2.61 bits per heavy atom. The number of nitrogens with two attached hydrogens (primary N) is 1. The Kier molecular flexibility index (Phi) is 4.91. The SMILES string of the molecule is Cc1cccc(CN(C)C(=O)CCC(C)(C)N)c1. The average molecular weight is 248 g/mol. The first-order chi connectivity index (χ1) is 8.28. The number of aryl methyl sites for hydroxylation is 1. The molecule has 18 heavy (non-hydrogen) atoms. The van der Waals surface area contributed by atoms with E-state index in [-0.39, 0.29) is 11.4 Å². The van der Waals surface area contributed by atoms with Crippen LogP contribution in [0, 0.1) is 6.92 Å². The number of carbonyl (C=O) groups excluding carboxylic acids is 1. The number of hydrogen-bond donors (Lipinski definition) is 1. The Labute approximate surface area is 110 Å². The summed E-state index contributed by atoms with van der Waals surface area (Å²) >= 11 is 0. The molecule has 2 N–H and O–H groups in total. The summed E-state index contributed by atoms with van der Waals surface area (Å²) in [4.78, 5) is 13.7. The lowest BCUT2D eigenvalue weighted by atomic mass is 10.00. The molecule has 0 saturated heterocycles. The molecule has 0 atom stereocenters. The average Bonchev–Trinajstić information content (AvgIpc) is 2.24. The first kappa shape index (κ1) is 14.7. The molecule has 0 aromatic heterocycles. The monoisotopic (exact) mass is 248 g/mol. The summed E-state index contributed by atoms with van der Waals surface area (Å²) in [6.07, 6.45) is 1.22. The minimum Gasteiger partial charge on any atom is -0.341 e. The summed E-state index contributed by atoms with van der Waals surface area (Å²) in [6, 6.07) is 8.23. The van der Waals surface area contributed by atoms with Gasteiger partial charge in [-0.1, -0.05) is 29.8 Å². The summed E-state index contributed by atoms with van der Waals surface area (Å²) in [6.45, 7) is 6.61. The molecule has 0 aliphatic carbocycles. The molecule has 0 fully saturated rings. The molecule has 1 amide bonds. The molecule has 0 bridgehead atoms. The van der Waals surface area contributed by atoms with Crippen LogP contribution in [0.15, 0.2) is 24.3 Å². The van der Waals surface area contributed by atoms with Gasteiger partial charge in [0.2, 0.25) is 5.91 Å². The van der Waals surface area contributed by atoms with Crippen LogP contribution in [0.25, 0.3) is 0 Å². The molecule has 1 aromatic carbocycles. The van der Waals surface area contributed by atoms with Crippen molar-refractivity contribution in [1.29, 1.82) is 0 Å². The third-order valence-corrected chi connectivity index (χ3v) is 2.91. The highest BCUT2D eigenvalue weighted by Crippen LogP contribution is 2.11. The third kappa shape index (κ3) is 5.32. The fraction of sp³-hybridized carbons (Fsp3) is 0.533. The predicted molar refractivity (Wildman–Crippen MR) is 75.2 cm³/mol. The fourth-order valence-corrected chi connectivity index (χ4v) is 1.79. The van der Waals surface area contributed by atoms with Crippen molar-refractivity contribution in [3.8, 4) is 0 Å². The van der Waals surface area contributed by atoms with Gasteiger partial charge in [-0.3, -0.25) is 4.79 Å². The molecule has 0 aliphatic rings. The number of carbonyl (C=O) groups is 1. The van der Waals surface area contributed by atoms with Gasteiger partial charge in [0.05, 0.1) is 0 Å². The second-order valence-corrected chi connectivity index (χ2v) is 5.73. The van der Waals surface area contributed by atoms with Crippen molar-refractivity contribution in [2.45, 2.75) is 45.7 Å². The second-order valence-electron chi connectivity index (χ2n) is 5.73. The van der Waals surface area contributed by atoms with Gasteiger partial charge in [-0.15, -0.1) is 0 Å². The molecule has 1 aromatic rings. The topological polar surface area (TPSA) is 46.3 Å².